The van der Waals surface area contributed by atoms with Crippen LogP contribution in [0.25, 0.3) is 11.0 Å². The van der Waals surface area contributed by atoms with Crippen molar-refractivity contribution in [3.8, 4) is 5.75 Å². The number of ether oxygens (including phenoxy) is 1. The Balaban J connectivity index is 1.71. The summed E-state index contributed by atoms with van der Waals surface area (Å²) in [5, 5.41) is 0.770. The van der Waals surface area contributed by atoms with Gasteiger partial charge in [0.15, 0.2) is 16.3 Å². The van der Waals surface area contributed by atoms with Crippen molar-refractivity contribution in [2.24, 2.45) is 5.92 Å². The second kappa shape index (κ2) is 9.83. The lowest BCUT2D eigenvalue weighted by molar-refractivity contribution is 0.0969. The first-order valence-corrected chi connectivity index (χ1v) is 13.5. The summed E-state index contributed by atoms with van der Waals surface area (Å²) in [5.41, 5.74) is 3.56. The number of Topliss-reactive ketones (excluding diaryl/α,β-unsaturated/α-hetero) is 1. The lowest BCUT2D eigenvalue weighted by Gasteiger charge is -2.23. The molecular weight excluding hydrogens is 500 g/mol. The minimum atomic E-state index is -0.779. The maximum absolute atomic E-state index is 14.0. The normalized spacial score (nSPS) is 15.0. The molecule has 0 saturated heterocycles. The third kappa shape index (κ3) is 4.43. The summed E-state index contributed by atoms with van der Waals surface area (Å²) in [4.78, 5) is 46.6. The van der Waals surface area contributed by atoms with Gasteiger partial charge < -0.3 is 9.15 Å². The van der Waals surface area contributed by atoms with Crippen molar-refractivity contribution < 1.29 is 18.7 Å². The number of hydrogen-bond acceptors (Lipinski definition) is 7. The van der Waals surface area contributed by atoms with Crippen molar-refractivity contribution in [2.75, 3.05) is 11.5 Å². The van der Waals surface area contributed by atoms with E-state index in [1.165, 1.54) is 11.8 Å². The van der Waals surface area contributed by atoms with Crippen LogP contribution in [0.15, 0.2) is 45.6 Å². The Kier molecular flexibility index (Phi) is 6.69. The zero-order valence-corrected chi connectivity index (χ0v) is 23.2. The number of benzene rings is 2. The van der Waals surface area contributed by atoms with Crippen molar-refractivity contribution >= 4 is 39.1 Å². The van der Waals surface area contributed by atoms with Crippen molar-refractivity contribution in [3.63, 3.8) is 0 Å². The fourth-order valence-corrected chi connectivity index (χ4v) is 5.73. The number of carbonyl (C=O) groups excluding carboxylic acids is 2. The van der Waals surface area contributed by atoms with Crippen LogP contribution in [0.3, 0.4) is 0 Å². The van der Waals surface area contributed by atoms with Crippen molar-refractivity contribution in [1.29, 1.82) is 0 Å². The summed E-state index contributed by atoms with van der Waals surface area (Å²) in [7, 11) is 0. The molecule has 1 amide bonds. The number of ketones is 1. The van der Waals surface area contributed by atoms with Crippen LogP contribution in [-0.4, -0.2) is 23.3 Å². The van der Waals surface area contributed by atoms with Crippen molar-refractivity contribution in [1.82, 2.24) is 4.98 Å². The smallest absolute Gasteiger partial charge is 0.297 e. The number of anilines is 1. The topological polar surface area (TPSA) is 89.7 Å². The van der Waals surface area contributed by atoms with Gasteiger partial charge in [-0.3, -0.25) is 19.3 Å². The Morgan fingerprint density at radius 3 is 2.55 bits per heavy atom. The Morgan fingerprint density at radius 1 is 1.13 bits per heavy atom. The first-order chi connectivity index (χ1) is 18.1. The van der Waals surface area contributed by atoms with E-state index in [4.69, 9.17) is 9.15 Å². The van der Waals surface area contributed by atoms with Gasteiger partial charge in [0.2, 0.25) is 5.76 Å². The molecule has 0 saturated carbocycles. The van der Waals surface area contributed by atoms with Crippen LogP contribution < -0.4 is 15.1 Å². The molecule has 0 N–H and O–H groups in total. The van der Waals surface area contributed by atoms with Crippen LogP contribution in [0.5, 0.6) is 5.75 Å². The van der Waals surface area contributed by atoms with Crippen LogP contribution in [-0.2, 0) is 0 Å². The molecule has 0 radical (unpaired) electrons. The number of nitrogens with zero attached hydrogens (tertiary/aromatic N) is 2. The maximum atomic E-state index is 14.0. The van der Waals surface area contributed by atoms with E-state index in [0.717, 1.165) is 28.9 Å². The number of carbonyl (C=O) groups is 2. The van der Waals surface area contributed by atoms with Gasteiger partial charge in [-0.05, 0) is 74.1 Å². The average molecular weight is 531 g/mol. The molecule has 0 spiro atoms. The first kappa shape index (κ1) is 25.9. The van der Waals surface area contributed by atoms with Gasteiger partial charge in [-0.25, -0.2) is 4.98 Å². The molecule has 1 atom stereocenters. The second-order valence-electron chi connectivity index (χ2n) is 10.3. The molecule has 0 bridgehead atoms. The molecular formula is C30H30N2O5S. The Hall–Kier alpha value is -3.78. The molecule has 1 aliphatic heterocycles. The summed E-state index contributed by atoms with van der Waals surface area (Å²) in [6, 6.07) is 10.3. The molecule has 0 fully saturated rings. The number of thiazole rings is 1. The molecule has 7 nitrogen and oxygen atoms in total. The fourth-order valence-electron chi connectivity index (χ4n) is 4.74. The Bertz CT molecular complexity index is 1650. The third-order valence-electron chi connectivity index (χ3n) is 6.94. The number of hydrogen-bond donors (Lipinski definition) is 0. The highest BCUT2D eigenvalue weighted by atomic mass is 32.1. The fraction of sp³-hybridized carbons (Fsp3) is 0.333. The lowest BCUT2D eigenvalue weighted by Crippen LogP contribution is -2.29. The molecule has 1 aliphatic rings. The highest BCUT2D eigenvalue weighted by Gasteiger charge is 2.45. The number of rotatable bonds is 7. The van der Waals surface area contributed by atoms with Gasteiger partial charge in [-0.15, -0.1) is 0 Å². The van der Waals surface area contributed by atoms with E-state index in [1.54, 1.807) is 13.0 Å². The minimum absolute atomic E-state index is 0.000824. The van der Waals surface area contributed by atoms with E-state index in [1.807, 2.05) is 44.2 Å². The molecule has 5 rings (SSSR count). The van der Waals surface area contributed by atoms with Gasteiger partial charge in [-0.2, -0.15) is 0 Å². The molecule has 8 heteroatoms. The molecule has 196 valence electrons. The zero-order chi connectivity index (χ0) is 27.3. The molecule has 3 heterocycles. The van der Waals surface area contributed by atoms with E-state index >= 15 is 0 Å². The summed E-state index contributed by atoms with van der Waals surface area (Å²) in [6.07, 6.45) is 0.904. The van der Waals surface area contributed by atoms with Gasteiger partial charge in [0.25, 0.3) is 5.91 Å². The van der Waals surface area contributed by atoms with Crippen LogP contribution in [0.2, 0.25) is 0 Å². The van der Waals surface area contributed by atoms with Crippen molar-refractivity contribution in [2.45, 2.75) is 54.0 Å². The minimum Gasteiger partial charge on any atom is -0.494 e. The predicted octanol–water partition coefficient (Wildman–Crippen LogP) is 6.55. The van der Waals surface area contributed by atoms with Crippen LogP contribution in [0.1, 0.15) is 81.4 Å². The standard InChI is InChI=1S/C30H30N2O5S/c1-15(2)10-11-36-21-9-7-8-20(14-21)25-24-26(34)22-12-16(3)17(4)13-23(22)37-27(24)29(35)32(25)30-31-18(5)28(38-30)19(6)33/h7-9,12-15,25H,10-11H2,1-6H3. The maximum Gasteiger partial charge on any atom is 0.297 e. The van der Waals surface area contributed by atoms with Gasteiger partial charge in [-0.1, -0.05) is 37.3 Å². The molecule has 0 aliphatic carbocycles. The third-order valence-corrected chi connectivity index (χ3v) is 8.19. The Morgan fingerprint density at radius 2 is 1.87 bits per heavy atom. The molecule has 38 heavy (non-hydrogen) atoms. The Labute approximate surface area is 225 Å². The summed E-state index contributed by atoms with van der Waals surface area (Å²) >= 11 is 1.14. The molecule has 2 aromatic carbocycles. The monoisotopic (exact) mass is 530 g/mol. The second-order valence-corrected chi connectivity index (χ2v) is 11.2. The highest BCUT2D eigenvalue weighted by Crippen LogP contribution is 2.43. The molecule has 2 aromatic heterocycles. The van der Waals surface area contributed by atoms with E-state index in [9.17, 15) is 14.4 Å². The first-order valence-electron chi connectivity index (χ1n) is 12.7. The largest absolute Gasteiger partial charge is 0.494 e. The molecule has 4 aromatic rings. The quantitative estimate of drug-likeness (QED) is 0.252. The van der Waals surface area contributed by atoms with Gasteiger partial charge in [0, 0.05) is 6.92 Å². The van der Waals surface area contributed by atoms with Gasteiger partial charge in [0.1, 0.15) is 11.3 Å². The van der Waals surface area contributed by atoms with Crippen LogP contribution >= 0.6 is 11.3 Å². The predicted molar refractivity (Wildman–Crippen MR) is 149 cm³/mol. The number of aromatic nitrogens is 1. The number of aryl methyl sites for hydroxylation is 3. The van der Waals surface area contributed by atoms with E-state index in [-0.39, 0.29) is 22.5 Å². The number of amides is 1. The number of fused-ring (bicyclic) bond motifs is 2. The van der Waals surface area contributed by atoms with E-state index < -0.39 is 11.9 Å². The van der Waals surface area contributed by atoms with Gasteiger partial charge >= 0.3 is 0 Å². The summed E-state index contributed by atoms with van der Waals surface area (Å²) in [6.45, 7) is 11.9. The SMILES string of the molecule is CC(=O)c1sc(N2C(=O)c3oc4cc(C)c(C)cc4c(=O)c3C2c2cccc(OCCC(C)C)c2)nc1C. The van der Waals surface area contributed by atoms with Crippen LogP contribution in [0.4, 0.5) is 5.13 Å². The highest BCUT2D eigenvalue weighted by molar-refractivity contribution is 7.17. The summed E-state index contributed by atoms with van der Waals surface area (Å²) in [5.74, 6) is 0.566. The summed E-state index contributed by atoms with van der Waals surface area (Å²) < 4.78 is 12.1. The van der Waals surface area contributed by atoms with E-state index in [0.29, 0.717) is 50.5 Å². The van der Waals surface area contributed by atoms with Crippen LogP contribution in [0, 0.1) is 26.7 Å². The molecule has 1 unspecified atom stereocenters. The van der Waals surface area contributed by atoms with Gasteiger partial charge in [0.05, 0.1) is 34.2 Å². The van der Waals surface area contributed by atoms with Crippen molar-refractivity contribution in [3.05, 3.63) is 85.2 Å². The lowest BCUT2D eigenvalue weighted by atomic mass is 9.97. The zero-order valence-electron chi connectivity index (χ0n) is 22.4. The average Bonchev–Trinajstić information content (AvgIpc) is 3.38. The van der Waals surface area contributed by atoms with E-state index in [2.05, 4.69) is 18.8 Å².